The molecular formula is C19H23BrClNO. The molecule has 0 radical (unpaired) electrons. The fourth-order valence-corrected chi connectivity index (χ4v) is 7.49. The summed E-state index contributed by atoms with van der Waals surface area (Å²) >= 11 is 10.2. The van der Waals surface area contributed by atoms with Crippen LogP contribution >= 0.6 is 27.5 Å². The lowest BCUT2D eigenvalue weighted by Crippen LogP contribution is -2.54. The van der Waals surface area contributed by atoms with Crippen molar-refractivity contribution in [3.63, 3.8) is 0 Å². The van der Waals surface area contributed by atoms with Crippen molar-refractivity contribution in [2.75, 3.05) is 0 Å². The van der Waals surface area contributed by atoms with Gasteiger partial charge in [-0.1, -0.05) is 45.7 Å². The summed E-state index contributed by atoms with van der Waals surface area (Å²) in [5.74, 6) is 1.84. The molecule has 1 aromatic rings. The molecule has 4 aliphatic rings. The molecular weight excluding hydrogens is 374 g/mol. The number of amides is 1. The summed E-state index contributed by atoms with van der Waals surface area (Å²) in [7, 11) is 0. The molecule has 0 aliphatic heterocycles. The first-order chi connectivity index (χ1) is 11.0. The van der Waals surface area contributed by atoms with E-state index in [1.165, 1.54) is 38.5 Å². The first-order valence-corrected chi connectivity index (χ1v) is 9.82. The molecule has 1 amide bonds. The van der Waals surface area contributed by atoms with Crippen molar-refractivity contribution < 1.29 is 4.79 Å². The summed E-state index contributed by atoms with van der Waals surface area (Å²) in [5.41, 5.74) is 1.23. The van der Waals surface area contributed by atoms with Crippen molar-refractivity contribution in [3.05, 3.63) is 34.9 Å². The Hall–Kier alpha value is -0.540. The van der Waals surface area contributed by atoms with Gasteiger partial charge in [-0.15, -0.1) is 0 Å². The molecule has 0 aromatic heterocycles. The third kappa shape index (κ3) is 3.19. The first-order valence-electron chi connectivity index (χ1n) is 8.64. The molecule has 4 heteroatoms. The number of benzene rings is 1. The molecule has 5 rings (SSSR count). The maximum atomic E-state index is 12.5. The highest BCUT2D eigenvalue weighted by molar-refractivity contribution is 9.10. The van der Waals surface area contributed by atoms with Gasteiger partial charge in [0.1, 0.15) is 0 Å². The van der Waals surface area contributed by atoms with Crippen LogP contribution < -0.4 is 5.32 Å². The smallest absolute Gasteiger partial charge is 0.220 e. The van der Waals surface area contributed by atoms with E-state index < -0.39 is 0 Å². The summed E-state index contributed by atoms with van der Waals surface area (Å²) in [6.45, 7) is 0.529. The maximum absolute atomic E-state index is 12.5. The lowest BCUT2D eigenvalue weighted by atomic mass is 9.48. The van der Waals surface area contributed by atoms with E-state index in [0.717, 1.165) is 22.4 Å². The van der Waals surface area contributed by atoms with E-state index in [-0.39, 0.29) is 11.3 Å². The lowest BCUT2D eigenvalue weighted by molar-refractivity contribution is -0.128. The standard InChI is InChI=1S/C19H23BrClNO/c20-19-8-13-5-14(9-19)7-18(6-13,12-19)10-17(23)22-11-15-3-1-2-4-16(15)21/h1-4,13-14H,5-12H2,(H,22,23). The SMILES string of the molecule is O=C(CC12CC3CC(CC(Br)(C3)C1)C2)NCc1ccccc1Cl. The van der Waals surface area contributed by atoms with Gasteiger partial charge in [-0.05, 0) is 67.4 Å². The van der Waals surface area contributed by atoms with E-state index in [9.17, 15) is 4.79 Å². The molecule has 1 aromatic carbocycles. The van der Waals surface area contributed by atoms with Gasteiger partial charge in [0.25, 0.3) is 0 Å². The second-order valence-electron chi connectivity index (χ2n) is 8.16. The van der Waals surface area contributed by atoms with Crippen molar-refractivity contribution in [2.24, 2.45) is 17.3 Å². The van der Waals surface area contributed by atoms with Crippen molar-refractivity contribution in [1.29, 1.82) is 0 Å². The molecule has 4 saturated carbocycles. The van der Waals surface area contributed by atoms with E-state index in [1.807, 2.05) is 24.3 Å². The molecule has 2 nitrogen and oxygen atoms in total. The van der Waals surface area contributed by atoms with Crippen LogP contribution in [-0.4, -0.2) is 10.2 Å². The predicted octanol–water partition coefficient (Wildman–Crippen LogP) is 5.08. The Morgan fingerprint density at radius 3 is 2.57 bits per heavy atom. The highest BCUT2D eigenvalue weighted by Crippen LogP contribution is 2.65. The Kier molecular flexibility index (Phi) is 4.00. The van der Waals surface area contributed by atoms with E-state index in [2.05, 4.69) is 21.2 Å². The van der Waals surface area contributed by atoms with E-state index in [4.69, 9.17) is 11.6 Å². The van der Waals surface area contributed by atoms with Crippen LogP contribution in [0.1, 0.15) is 50.5 Å². The van der Waals surface area contributed by atoms with Crippen LogP contribution in [0.15, 0.2) is 24.3 Å². The third-order valence-corrected chi connectivity index (χ3v) is 7.38. The largest absolute Gasteiger partial charge is 0.352 e. The normalized spacial score (nSPS) is 37.8. The quantitative estimate of drug-likeness (QED) is 0.706. The van der Waals surface area contributed by atoms with E-state index in [0.29, 0.717) is 17.3 Å². The predicted molar refractivity (Wildman–Crippen MR) is 96.7 cm³/mol. The molecule has 4 aliphatic carbocycles. The minimum Gasteiger partial charge on any atom is -0.352 e. The highest BCUT2D eigenvalue weighted by atomic mass is 79.9. The van der Waals surface area contributed by atoms with Gasteiger partial charge in [0.2, 0.25) is 5.91 Å². The Morgan fingerprint density at radius 1 is 1.22 bits per heavy atom. The van der Waals surface area contributed by atoms with Gasteiger partial charge in [0.05, 0.1) is 0 Å². The number of hydrogen-bond donors (Lipinski definition) is 1. The van der Waals surface area contributed by atoms with E-state index in [1.54, 1.807) is 0 Å². The maximum Gasteiger partial charge on any atom is 0.220 e. The molecule has 1 N–H and O–H groups in total. The van der Waals surface area contributed by atoms with Crippen LogP contribution in [-0.2, 0) is 11.3 Å². The fourth-order valence-electron chi connectivity index (χ4n) is 5.78. The molecule has 4 fully saturated rings. The van der Waals surface area contributed by atoms with Gasteiger partial charge < -0.3 is 5.32 Å². The number of carbonyl (C=O) groups is 1. The zero-order valence-corrected chi connectivity index (χ0v) is 15.6. The van der Waals surface area contributed by atoms with Crippen LogP contribution in [0, 0.1) is 17.3 Å². The number of alkyl halides is 1. The summed E-state index contributed by atoms with van der Waals surface area (Å²) < 4.78 is 0.320. The van der Waals surface area contributed by atoms with Crippen LogP contribution in [0.25, 0.3) is 0 Å². The monoisotopic (exact) mass is 395 g/mol. The lowest BCUT2D eigenvalue weighted by Gasteiger charge is -2.60. The average Bonchev–Trinajstić information content (AvgIpc) is 2.43. The summed E-state index contributed by atoms with van der Waals surface area (Å²) in [5, 5.41) is 3.81. The van der Waals surface area contributed by atoms with Crippen LogP contribution in [0.2, 0.25) is 5.02 Å². The number of hydrogen-bond acceptors (Lipinski definition) is 1. The highest BCUT2D eigenvalue weighted by Gasteiger charge is 2.57. The summed E-state index contributed by atoms with van der Waals surface area (Å²) in [4.78, 5) is 12.5. The molecule has 2 atom stereocenters. The van der Waals surface area contributed by atoms with Crippen LogP contribution in [0.3, 0.4) is 0 Å². The van der Waals surface area contributed by atoms with Crippen molar-refractivity contribution >= 4 is 33.4 Å². The number of halogens is 2. The zero-order valence-electron chi connectivity index (χ0n) is 13.3. The summed E-state index contributed by atoms with van der Waals surface area (Å²) in [6, 6.07) is 7.72. The van der Waals surface area contributed by atoms with Gasteiger partial charge in [-0.3, -0.25) is 4.79 Å². The minimum atomic E-state index is 0.183. The first kappa shape index (κ1) is 16.0. The fraction of sp³-hybridized carbons (Fsp3) is 0.632. The van der Waals surface area contributed by atoms with Gasteiger partial charge in [-0.25, -0.2) is 0 Å². The average molecular weight is 397 g/mol. The Bertz CT molecular complexity index is 618. The second kappa shape index (κ2) is 5.77. The number of rotatable bonds is 4. The summed E-state index contributed by atoms with van der Waals surface area (Å²) in [6.07, 6.45) is 8.35. The topological polar surface area (TPSA) is 29.1 Å². The molecule has 124 valence electrons. The van der Waals surface area contributed by atoms with Crippen molar-refractivity contribution in [3.8, 4) is 0 Å². The number of nitrogens with one attached hydrogen (secondary N) is 1. The van der Waals surface area contributed by atoms with Crippen LogP contribution in [0.5, 0.6) is 0 Å². The third-order valence-electron chi connectivity index (χ3n) is 6.08. The minimum absolute atomic E-state index is 0.183. The van der Waals surface area contributed by atoms with E-state index >= 15 is 0 Å². The van der Waals surface area contributed by atoms with Crippen molar-refractivity contribution in [2.45, 2.75) is 55.8 Å². The molecule has 23 heavy (non-hydrogen) atoms. The van der Waals surface area contributed by atoms with Crippen LogP contribution in [0.4, 0.5) is 0 Å². The van der Waals surface area contributed by atoms with Crippen molar-refractivity contribution in [1.82, 2.24) is 5.32 Å². The Balaban J connectivity index is 1.40. The zero-order chi connectivity index (χ0) is 16.1. The number of carbonyl (C=O) groups excluding carboxylic acids is 1. The second-order valence-corrected chi connectivity index (χ2v) is 10.2. The Morgan fingerprint density at radius 2 is 1.91 bits per heavy atom. The van der Waals surface area contributed by atoms with Gasteiger partial charge >= 0.3 is 0 Å². The molecule has 2 unspecified atom stereocenters. The molecule has 0 saturated heterocycles. The Labute approximate surface area is 151 Å². The van der Waals surface area contributed by atoms with Gasteiger partial charge in [-0.2, -0.15) is 0 Å². The molecule has 4 bridgehead atoms. The van der Waals surface area contributed by atoms with Gasteiger partial charge in [0.15, 0.2) is 0 Å². The molecule has 0 heterocycles. The van der Waals surface area contributed by atoms with Gasteiger partial charge in [0, 0.05) is 22.3 Å². The molecule has 0 spiro atoms.